The number of aromatic amines is 2. The molecule has 1 aliphatic heterocycles. The van der Waals surface area contributed by atoms with E-state index in [-0.39, 0.29) is 0 Å². The largest absolute Gasteiger partial charge is 0.490 e. The molecular weight excluding hydrogens is 306 g/mol. The number of ether oxygens (including phenoxy) is 1. The number of rotatable bonds is 4. The molecule has 3 aromatic rings. The maximum Gasteiger partial charge on any atom is 0.175 e. The molecular formula is C18H19N3OS. The highest BCUT2D eigenvalue weighted by Crippen LogP contribution is 2.23. The van der Waals surface area contributed by atoms with Crippen molar-refractivity contribution in [1.29, 1.82) is 0 Å². The van der Waals surface area contributed by atoms with Crippen molar-refractivity contribution in [2.24, 2.45) is 0 Å². The van der Waals surface area contributed by atoms with Crippen molar-refractivity contribution in [2.45, 2.75) is 13.0 Å². The zero-order chi connectivity index (χ0) is 15.6. The van der Waals surface area contributed by atoms with E-state index in [0.717, 1.165) is 42.8 Å². The third-order valence-electron chi connectivity index (χ3n) is 4.39. The molecule has 0 aliphatic carbocycles. The SMILES string of the molecule is S=c1[nH]c2cccc(OCCN3CCc4ccccc4C3)c2[nH]1. The third kappa shape index (κ3) is 3.02. The summed E-state index contributed by atoms with van der Waals surface area (Å²) >= 11 is 5.15. The van der Waals surface area contributed by atoms with E-state index >= 15 is 0 Å². The first-order chi connectivity index (χ1) is 11.3. The molecule has 0 atom stereocenters. The Bertz CT molecular complexity index is 883. The van der Waals surface area contributed by atoms with E-state index in [1.807, 2.05) is 18.2 Å². The molecule has 0 spiro atoms. The number of nitrogens with zero attached hydrogens (tertiary/aromatic N) is 1. The highest BCUT2D eigenvalue weighted by atomic mass is 32.1. The van der Waals surface area contributed by atoms with Gasteiger partial charge < -0.3 is 14.7 Å². The molecule has 0 radical (unpaired) electrons. The minimum atomic E-state index is 0.628. The number of nitrogens with one attached hydrogen (secondary N) is 2. The summed E-state index contributed by atoms with van der Waals surface area (Å²) in [7, 11) is 0. The zero-order valence-electron chi connectivity index (χ0n) is 12.8. The highest BCUT2D eigenvalue weighted by Gasteiger charge is 2.15. The fourth-order valence-electron chi connectivity index (χ4n) is 3.18. The summed E-state index contributed by atoms with van der Waals surface area (Å²) in [6, 6.07) is 14.7. The second kappa shape index (κ2) is 6.18. The van der Waals surface area contributed by atoms with Gasteiger partial charge in [-0.2, -0.15) is 0 Å². The van der Waals surface area contributed by atoms with Gasteiger partial charge in [0, 0.05) is 19.6 Å². The van der Waals surface area contributed by atoms with Crippen LogP contribution >= 0.6 is 12.2 Å². The van der Waals surface area contributed by atoms with Crippen molar-refractivity contribution in [3.05, 3.63) is 58.4 Å². The summed E-state index contributed by atoms with van der Waals surface area (Å²) in [5.74, 6) is 0.854. The van der Waals surface area contributed by atoms with E-state index in [1.165, 1.54) is 11.1 Å². The van der Waals surface area contributed by atoms with E-state index in [4.69, 9.17) is 17.0 Å². The molecule has 4 rings (SSSR count). The number of aromatic nitrogens is 2. The Labute approximate surface area is 140 Å². The Balaban J connectivity index is 1.40. The number of fused-ring (bicyclic) bond motifs is 2. The second-order valence-electron chi connectivity index (χ2n) is 5.90. The second-order valence-corrected chi connectivity index (χ2v) is 6.31. The lowest BCUT2D eigenvalue weighted by atomic mass is 10.0. The summed E-state index contributed by atoms with van der Waals surface area (Å²) in [6.45, 7) is 3.70. The molecule has 0 amide bonds. The predicted molar refractivity (Wildman–Crippen MR) is 94.4 cm³/mol. The lowest BCUT2D eigenvalue weighted by molar-refractivity contribution is 0.197. The van der Waals surface area contributed by atoms with Crippen LogP contribution in [0.4, 0.5) is 0 Å². The molecule has 1 aromatic heterocycles. The molecule has 2 aromatic carbocycles. The molecule has 23 heavy (non-hydrogen) atoms. The van der Waals surface area contributed by atoms with E-state index in [2.05, 4.69) is 39.1 Å². The van der Waals surface area contributed by atoms with Crippen molar-refractivity contribution in [3.8, 4) is 5.75 Å². The molecule has 2 N–H and O–H groups in total. The van der Waals surface area contributed by atoms with Gasteiger partial charge >= 0.3 is 0 Å². The fourth-order valence-corrected chi connectivity index (χ4v) is 3.39. The molecule has 4 nitrogen and oxygen atoms in total. The van der Waals surface area contributed by atoms with Gasteiger partial charge in [-0.05, 0) is 41.9 Å². The molecule has 2 heterocycles. The van der Waals surface area contributed by atoms with Crippen LogP contribution in [0.25, 0.3) is 11.0 Å². The lowest BCUT2D eigenvalue weighted by Gasteiger charge is -2.28. The van der Waals surface area contributed by atoms with Crippen LogP contribution in [0.15, 0.2) is 42.5 Å². The molecule has 0 saturated heterocycles. The summed E-state index contributed by atoms with van der Waals surface area (Å²) in [4.78, 5) is 8.71. The minimum Gasteiger partial charge on any atom is -0.490 e. The van der Waals surface area contributed by atoms with Gasteiger partial charge in [-0.1, -0.05) is 30.3 Å². The van der Waals surface area contributed by atoms with Crippen LogP contribution in [0.5, 0.6) is 5.75 Å². The predicted octanol–water partition coefficient (Wildman–Crippen LogP) is 3.66. The summed E-state index contributed by atoms with van der Waals surface area (Å²) < 4.78 is 6.61. The minimum absolute atomic E-state index is 0.628. The van der Waals surface area contributed by atoms with Gasteiger partial charge in [0.05, 0.1) is 5.52 Å². The smallest absolute Gasteiger partial charge is 0.175 e. The molecule has 0 unspecified atom stereocenters. The van der Waals surface area contributed by atoms with E-state index < -0.39 is 0 Å². The topological polar surface area (TPSA) is 44.0 Å². The van der Waals surface area contributed by atoms with Crippen LogP contribution in [0.1, 0.15) is 11.1 Å². The fraction of sp³-hybridized carbons (Fsp3) is 0.278. The number of benzene rings is 2. The van der Waals surface area contributed by atoms with E-state index in [9.17, 15) is 0 Å². The Kier molecular flexibility index (Phi) is 3.89. The summed E-state index contributed by atoms with van der Waals surface area (Å²) in [5, 5.41) is 0. The van der Waals surface area contributed by atoms with Crippen LogP contribution < -0.4 is 4.74 Å². The van der Waals surface area contributed by atoms with Crippen molar-refractivity contribution in [1.82, 2.24) is 14.9 Å². The van der Waals surface area contributed by atoms with Gasteiger partial charge in [-0.25, -0.2) is 0 Å². The van der Waals surface area contributed by atoms with Crippen LogP contribution in [0.2, 0.25) is 0 Å². The standard InChI is InChI=1S/C18H19N3OS/c23-18-19-15-6-3-7-16(17(15)20-18)22-11-10-21-9-8-13-4-1-2-5-14(13)12-21/h1-7H,8-12H2,(H2,19,20,23). The zero-order valence-corrected chi connectivity index (χ0v) is 13.7. The summed E-state index contributed by atoms with van der Waals surface area (Å²) in [5.41, 5.74) is 4.85. The molecule has 0 fully saturated rings. The van der Waals surface area contributed by atoms with Crippen molar-refractivity contribution in [2.75, 3.05) is 19.7 Å². The quantitative estimate of drug-likeness (QED) is 0.720. The van der Waals surface area contributed by atoms with Crippen LogP contribution in [0.3, 0.4) is 0 Å². The molecule has 118 valence electrons. The first-order valence-electron chi connectivity index (χ1n) is 7.92. The Morgan fingerprint density at radius 2 is 1.91 bits per heavy atom. The number of hydrogen-bond donors (Lipinski definition) is 2. The molecule has 0 saturated carbocycles. The number of para-hydroxylation sites is 1. The summed E-state index contributed by atoms with van der Waals surface area (Å²) in [6.07, 6.45) is 1.12. The maximum atomic E-state index is 5.98. The van der Waals surface area contributed by atoms with Crippen molar-refractivity contribution in [3.63, 3.8) is 0 Å². The van der Waals surface area contributed by atoms with Gasteiger partial charge in [-0.3, -0.25) is 4.90 Å². The molecule has 1 aliphatic rings. The van der Waals surface area contributed by atoms with Gasteiger partial charge in [0.1, 0.15) is 17.9 Å². The van der Waals surface area contributed by atoms with Crippen LogP contribution in [-0.4, -0.2) is 34.6 Å². The van der Waals surface area contributed by atoms with E-state index in [1.54, 1.807) is 0 Å². The van der Waals surface area contributed by atoms with Gasteiger partial charge in [0.25, 0.3) is 0 Å². The number of H-pyrrole nitrogens is 2. The van der Waals surface area contributed by atoms with Gasteiger partial charge in [0.15, 0.2) is 4.77 Å². The highest BCUT2D eigenvalue weighted by molar-refractivity contribution is 7.71. The first-order valence-corrected chi connectivity index (χ1v) is 8.33. The average Bonchev–Trinajstić information content (AvgIpc) is 2.96. The van der Waals surface area contributed by atoms with Gasteiger partial charge in [-0.15, -0.1) is 0 Å². The lowest BCUT2D eigenvalue weighted by Crippen LogP contribution is -2.33. The molecule has 5 heteroatoms. The third-order valence-corrected chi connectivity index (χ3v) is 4.59. The monoisotopic (exact) mass is 325 g/mol. The average molecular weight is 325 g/mol. The Morgan fingerprint density at radius 1 is 1.04 bits per heavy atom. The van der Waals surface area contributed by atoms with Gasteiger partial charge in [0.2, 0.25) is 0 Å². The van der Waals surface area contributed by atoms with Crippen molar-refractivity contribution >= 4 is 23.3 Å². The van der Waals surface area contributed by atoms with Crippen LogP contribution in [-0.2, 0) is 13.0 Å². The van der Waals surface area contributed by atoms with E-state index in [0.29, 0.717) is 11.4 Å². The normalized spacial score (nSPS) is 14.8. The Morgan fingerprint density at radius 3 is 2.83 bits per heavy atom. The number of imidazole rings is 1. The first kappa shape index (κ1) is 14.5. The van der Waals surface area contributed by atoms with Crippen LogP contribution in [0, 0.1) is 4.77 Å². The van der Waals surface area contributed by atoms with Crippen molar-refractivity contribution < 1.29 is 4.74 Å². The maximum absolute atomic E-state index is 5.98. The Hall–Kier alpha value is -2.11. The number of hydrogen-bond acceptors (Lipinski definition) is 3. The molecule has 0 bridgehead atoms.